The highest BCUT2D eigenvalue weighted by Gasteiger charge is 2.22. The molecule has 0 aromatic heterocycles. The predicted octanol–water partition coefficient (Wildman–Crippen LogP) is 1.24. The van der Waals surface area contributed by atoms with Gasteiger partial charge in [0.05, 0.1) is 17.4 Å². The Morgan fingerprint density at radius 2 is 2.13 bits per heavy atom. The number of phenolic OH excluding ortho intramolecular Hbond substituents is 1. The lowest BCUT2D eigenvalue weighted by Crippen LogP contribution is -1.96. The summed E-state index contributed by atoms with van der Waals surface area (Å²) in [7, 11) is 0. The molecule has 0 saturated carbocycles. The number of nitrogens with zero attached hydrogens (tertiary/aromatic N) is 3. The minimum Gasteiger partial charge on any atom is -0.501 e. The molecule has 0 amide bonds. The zero-order valence-electron chi connectivity index (χ0n) is 7.47. The Hall–Kier alpha value is -2.60. The third-order valence-corrected chi connectivity index (χ3v) is 1.81. The average Bonchev–Trinajstić information content (AvgIpc) is 2.18. The van der Waals surface area contributed by atoms with E-state index in [1.807, 2.05) is 0 Å². The molecule has 15 heavy (non-hydrogen) atoms. The maximum Gasteiger partial charge on any atom is 0.316 e. The molecule has 0 heterocycles. The second-order valence-corrected chi connectivity index (χ2v) is 2.67. The molecular weight excluding hydrogens is 198 g/mol. The first-order valence-electron chi connectivity index (χ1n) is 3.88. The first-order chi connectivity index (χ1) is 7.11. The maximum absolute atomic E-state index is 10.6. The molecule has 1 aromatic rings. The normalized spacial score (nSPS) is 8.93. The molecule has 0 bridgehead atoms. The highest BCUT2D eigenvalue weighted by atomic mass is 16.6. The summed E-state index contributed by atoms with van der Waals surface area (Å²) in [4.78, 5) is 9.81. The fourth-order valence-corrected chi connectivity index (χ4v) is 1.14. The third kappa shape index (κ3) is 1.84. The van der Waals surface area contributed by atoms with Crippen molar-refractivity contribution < 1.29 is 10.0 Å². The molecular formula is C9H5N3O3. The van der Waals surface area contributed by atoms with Crippen molar-refractivity contribution in [3.05, 3.63) is 33.4 Å². The van der Waals surface area contributed by atoms with Crippen LogP contribution in [0.2, 0.25) is 0 Å². The molecule has 0 aliphatic heterocycles. The summed E-state index contributed by atoms with van der Waals surface area (Å²) < 4.78 is 0. The Morgan fingerprint density at radius 1 is 1.47 bits per heavy atom. The number of phenols is 1. The monoisotopic (exact) mass is 203 g/mol. The van der Waals surface area contributed by atoms with Crippen molar-refractivity contribution in [3.8, 4) is 17.9 Å². The molecule has 0 radical (unpaired) electrons. The van der Waals surface area contributed by atoms with Crippen LogP contribution in [0, 0.1) is 32.8 Å². The van der Waals surface area contributed by atoms with Gasteiger partial charge < -0.3 is 5.11 Å². The van der Waals surface area contributed by atoms with Crippen molar-refractivity contribution in [1.82, 2.24) is 0 Å². The topological polar surface area (TPSA) is 111 Å². The van der Waals surface area contributed by atoms with E-state index in [1.165, 1.54) is 12.1 Å². The molecule has 6 heteroatoms. The zero-order chi connectivity index (χ0) is 11.4. The smallest absolute Gasteiger partial charge is 0.316 e. The number of nitro benzene ring substituents is 1. The summed E-state index contributed by atoms with van der Waals surface area (Å²) in [5.74, 6) is -0.685. The second kappa shape index (κ2) is 4.07. The highest BCUT2D eigenvalue weighted by molar-refractivity contribution is 5.60. The Balaban J connectivity index is 3.47. The number of nitro groups is 1. The minimum absolute atomic E-state index is 0.0963. The Bertz CT molecular complexity index is 497. The van der Waals surface area contributed by atoms with Crippen LogP contribution in [0.4, 0.5) is 5.69 Å². The molecule has 6 nitrogen and oxygen atoms in total. The van der Waals surface area contributed by atoms with E-state index in [1.54, 1.807) is 12.1 Å². The molecule has 0 unspecified atom stereocenters. The van der Waals surface area contributed by atoms with Gasteiger partial charge in [0.25, 0.3) is 0 Å². The lowest BCUT2D eigenvalue weighted by atomic mass is 10.1. The van der Waals surface area contributed by atoms with Crippen LogP contribution in [0.5, 0.6) is 5.75 Å². The van der Waals surface area contributed by atoms with Crippen LogP contribution in [-0.2, 0) is 6.42 Å². The van der Waals surface area contributed by atoms with Crippen LogP contribution in [0.3, 0.4) is 0 Å². The van der Waals surface area contributed by atoms with Gasteiger partial charge in [-0.25, -0.2) is 0 Å². The number of hydrogen-bond acceptors (Lipinski definition) is 5. The third-order valence-electron chi connectivity index (χ3n) is 1.81. The van der Waals surface area contributed by atoms with Gasteiger partial charge >= 0.3 is 5.69 Å². The molecule has 0 atom stereocenters. The van der Waals surface area contributed by atoms with Gasteiger partial charge in [0.1, 0.15) is 11.6 Å². The molecule has 1 aromatic carbocycles. The number of nitriles is 2. The summed E-state index contributed by atoms with van der Waals surface area (Å²) >= 11 is 0. The average molecular weight is 203 g/mol. The van der Waals surface area contributed by atoms with Crippen LogP contribution in [0.15, 0.2) is 12.1 Å². The van der Waals surface area contributed by atoms with E-state index in [9.17, 15) is 15.2 Å². The van der Waals surface area contributed by atoms with Gasteiger partial charge in [-0.3, -0.25) is 10.1 Å². The summed E-state index contributed by atoms with van der Waals surface area (Å²) in [6, 6.07) is 5.90. The fourth-order valence-electron chi connectivity index (χ4n) is 1.14. The summed E-state index contributed by atoms with van der Waals surface area (Å²) in [5, 5.41) is 37.0. The number of hydrogen-bond donors (Lipinski definition) is 1. The second-order valence-electron chi connectivity index (χ2n) is 2.67. The van der Waals surface area contributed by atoms with Crippen molar-refractivity contribution in [2.24, 2.45) is 0 Å². The van der Waals surface area contributed by atoms with E-state index in [4.69, 9.17) is 10.5 Å². The van der Waals surface area contributed by atoms with Crippen molar-refractivity contribution in [1.29, 1.82) is 10.5 Å². The summed E-state index contributed by atoms with van der Waals surface area (Å²) in [6.45, 7) is 0. The van der Waals surface area contributed by atoms with E-state index >= 15 is 0 Å². The van der Waals surface area contributed by atoms with E-state index in [2.05, 4.69) is 0 Å². The first kappa shape index (κ1) is 10.5. The van der Waals surface area contributed by atoms with Crippen LogP contribution >= 0.6 is 0 Å². The predicted molar refractivity (Wildman–Crippen MR) is 48.8 cm³/mol. The molecule has 0 spiro atoms. The van der Waals surface area contributed by atoms with Crippen molar-refractivity contribution in [3.63, 3.8) is 0 Å². The van der Waals surface area contributed by atoms with Gasteiger partial charge in [-0.2, -0.15) is 10.5 Å². The largest absolute Gasteiger partial charge is 0.501 e. The van der Waals surface area contributed by atoms with Crippen LogP contribution in [0.25, 0.3) is 0 Å². The van der Waals surface area contributed by atoms with E-state index in [-0.39, 0.29) is 17.5 Å². The summed E-state index contributed by atoms with van der Waals surface area (Å²) in [6.07, 6.45) is -0.185. The van der Waals surface area contributed by atoms with Crippen LogP contribution in [-0.4, -0.2) is 10.0 Å². The van der Waals surface area contributed by atoms with E-state index in [0.29, 0.717) is 0 Å². The van der Waals surface area contributed by atoms with Gasteiger partial charge in [-0.15, -0.1) is 0 Å². The van der Waals surface area contributed by atoms with Crippen LogP contribution < -0.4 is 0 Å². The molecule has 1 rings (SSSR count). The Labute approximate surface area is 84.8 Å². The number of aromatic hydroxyl groups is 1. The van der Waals surface area contributed by atoms with E-state index in [0.717, 1.165) is 0 Å². The fraction of sp³-hybridized carbons (Fsp3) is 0.111. The molecule has 0 fully saturated rings. The van der Waals surface area contributed by atoms with Crippen molar-refractivity contribution in [2.45, 2.75) is 6.42 Å². The lowest BCUT2D eigenvalue weighted by Gasteiger charge is -2.01. The van der Waals surface area contributed by atoms with Gasteiger partial charge in [0.15, 0.2) is 0 Å². The molecule has 0 saturated heterocycles. The van der Waals surface area contributed by atoms with E-state index < -0.39 is 16.4 Å². The molecule has 0 aliphatic carbocycles. The van der Waals surface area contributed by atoms with Gasteiger partial charge in [0.2, 0.25) is 5.75 Å². The molecule has 74 valence electrons. The van der Waals surface area contributed by atoms with Crippen molar-refractivity contribution in [2.75, 3.05) is 0 Å². The van der Waals surface area contributed by atoms with Gasteiger partial charge in [-0.05, 0) is 12.1 Å². The highest BCUT2D eigenvalue weighted by Crippen LogP contribution is 2.33. The molecule has 1 N–H and O–H groups in total. The number of benzene rings is 1. The first-order valence-corrected chi connectivity index (χ1v) is 3.88. The summed E-state index contributed by atoms with van der Waals surface area (Å²) in [5.41, 5.74) is -0.655. The van der Waals surface area contributed by atoms with Crippen molar-refractivity contribution >= 4 is 5.69 Å². The Morgan fingerprint density at radius 3 is 2.60 bits per heavy atom. The molecule has 0 aliphatic rings. The lowest BCUT2D eigenvalue weighted by molar-refractivity contribution is -0.386. The minimum atomic E-state index is -0.803. The van der Waals surface area contributed by atoms with Gasteiger partial charge in [0, 0.05) is 5.56 Å². The maximum atomic E-state index is 10.6. The quantitative estimate of drug-likeness (QED) is 0.574. The number of rotatable bonds is 2. The zero-order valence-corrected chi connectivity index (χ0v) is 7.47. The SMILES string of the molecule is N#CCc1ccc(C#N)c(O)c1[N+](=O)[O-]. The van der Waals surface area contributed by atoms with Gasteiger partial charge in [-0.1, -0.05) is 0 Å². The standard InChI is InChI=1S/C9H5N3O3/c10-4-3-6-1-2-7(5-11)9(13)8(6)12(14)15/h1-2,13H,3H2. The Kier molecular flexibility index (Phi) is 2.85. The van der Waals surface area contributed by atoms with Crippen LogP contribution in [0.1, 0.15) is 11.1 Å².